The molecule has 0 aliphatic heterocycles. The number of benzene rings is 2. The maximum Gasteiger partial charge on any atom is 0.387 e. The topological polar surface area (TPSA) is 61.5 Å². The van der Waals surface area contributed by atoms with Gasteiger partial charge in [-0.3, -0.25) is 4.52 Å². The Kier molecular flexibility index (Phi) is 12.0. The maximum atomic E-state index is 6.62. The van der Waals surface area contributed by atoms with Crippen LogP contribution in [0, 0.1) is 0 Å². The van der Waals surface area contributed by atoms with Crippen LogP contribution in [0.1, 0.15) is 133 Å². The molecule has 0 aliphatic carbocycles. The molecular formula is C34H58NO3P. The zero-order valence-electron chi connectivity index (χ0n) is 28.0. The Bertz CT molecular complexity index is 1170. The second kappa shape index (κ2) is 13.3. The first-order valence-corrected chi connectivity index (χ1v) is 15.8. The normalized spacial score (nSPS) is 12.5. The lowest BCUT2D eigenvalue weighted by Gasteiger charge is -2.27. The van der Waals surface area contributed by atoms with Gasteiger partial charge in [0, 0.05) is 28.4 Å². The predicted molar refractivity (Wildman–Crippen MR) is 174 cm³/mol. The van der Waals surface area contributed by atoms with Crippen molar-refractivity contribution in [3.63, 3.8) is 0 Å². The highest BCUT2D eigenvalue weighted by Crippen LogP contribution is 2.44. The molecule has 0 saturated carbocycles. The Morgan fingerprint density at radius 2 is 0.923 bits per heavy atom. The van der Waals surface area contributed by atoms with Gasteiger partial charge in [-0.2, -0.15) is 0 Å². The lowest BCUT2D eigenvalue weighted by Crippen LogP contribution is -2.17. The first-order valence-electron chi connectivity index (χ1n) is 14.7. The predicted octanol–water partition coefficient (Wildman–Crippen LogP) is 10.9. The van der Waals surface area contributed by atoms with Crippen molar-refractivity contribution in [3.8, 4) is 0 Å². The summed E-state index contributed by atoms with van der Waals surface area (Å²) in [5.74, 6) is 0. The van der Waals surface area contributed by atoms with Crippen LogP contribution in [0.15, 0.2) is 32.7 Å². The zero-order chi connectivity index (χ0) is 30.6. The van der Waals surface area contributed by atoms with E-state index < -0.39 is 8.24 Å². The fourth-order valence-corrected chi connectivity index (χ4v) is 5.27. The lowest BCUT2D eigenvalue weighted by atomic mass is 9.77. The number of hydrogen-bond acceptors (Lipinski definition) is 4. The minimum atomic E-state index is -1.66. The van der Waals surface area contributed by atoms with E-state index in [1.54, 1.807) is 0 Å². The van der Waals surface area contributed by atoms with Crippen LogP contribution < -0.4 is 10.3 Å². The van der Waals surface area contributed by atoms with Gasteiger partial charge in [0.2, 0.25) is 0 Å². The Hall–Kier alpha value is -1.74. The monoisotopic (exact) mass is 559 g/mol. The second-order valence-corrected chi connectivity index (χ2v) is 14.9. The highest BCUT2D eigenvalue weighted by Gasteiger charge is 2.28. The van der Waals surface area contributed by atoms with Crippen LogP contribution in [0.5, 0.6) is 0 Å². The number of hydrogen-bond donors (Lipinski definition) is 1. The van der Waals surface area contributed by atoms with Crippen LogP contribution in [0.25, 0.3) is 21.9 Å². The number of fused-ring (bicyclic) bond motifs is 3. The minimum absolute atomic E-state index is 0.0162. The summed E-state index contributed by atoms with van der Waals surface area (Å²) in [7, 11) is -1.66. The molecule has 0 aliphatic rings. The fraction of sp³-hybridized carbons (Fsp3) is 0.647. The van der Waals surface area contributed by atoms with Gasteiger partial charge >= 0.3 is 8.24 Å². The third-order valence-electron chi connectivity index (χ3n) is 6.46. The summed E-state index contributed by atoms with van der Waals surface area (Å²) in [4.78, 5) is 0. The first kappa shape index (κ1) is 35.3. The Morgan fingerprint density at radius 1 is 0.590 bits per heavy atom. The van der Waals surface area contributed by atoms with Gasteiger partial charge in [-0.1, -0.05) is 123 Å². The summed E-state index contributed by atoms with van der Waals surface area (Å²) in [6.45, 7) is 35.8. The molecule has 5 heteroatoms. The molecule has 1 aromatic heterocycles. The van der Waals surface area contributed by atoms with Crippen LogP contribution in [-0.4, -0.2) is 13.2 Å². The maximum absolute atomic E-state index is 6.62. The highest BCUT2D eigenvalue weighted by molar-refractivity contribution is 7.31. The van der Waals surface area contributed by atoms with Gasteiger partial charge in [0.15, 0.2) is 0 Å². The standard InChI is InChI=1S/C30H46NO3P.2C2H6/c1-27(2,3)19-15-21-22-16-20(28(4,5)6)18-24(30(10,11)12)26(22)34-35(32-14-13-31)33-25(21)23(17-19)29(7,8)9;2*1-2/h15-18H,13-14,31H2,1-12H3;2*1-2H3. The minimum Gasteiger partial charge on any atom is -0.399 e. The molecule has 0 spiro atoms. The fourth-order valence-electron chi connectivity index (χ4n) is 4.18. The average molecular weight is 560 g/mol. The summed E-state index contributed by atoms with van der Waals surface area (Å²) in [5.41, 5.74) is 12.1. The van der Waals surface area contributed by atoms with Crippen molar-refractivity contribution in [2.45, 2.75) is 132 Å². The quantitative estimate of drug-likeness (QED) is 0.347. The molecule has 39 heavy (non-hydrogen) atoms. The smallest absolute Gasteiger partial charge is 0.387 e. The van der Waals surface area contributed by atoms with E-state index in [-0.39, 0.29) is 21.7 Å². The molecule has 0 bridgehead atoms. The summed E-state index contributed by atoms with van der Waals surface area (Å²) < 4.78 is 19.3. The van der Waals surface area contributed by atoms with Crippen LogP contribution in [-0.2, 0) is 21.7 Å². The summed E-state index contributed by atoms with van der Waals surface area (Å²) >= 11 is 0. The SMILES string of the molecule is CC.CC.CC(C)(C)c1cc(C(C)(C)C)c2op(OCCN)oc3c(C(C)(C)C)cc(C(C)(C)C)cc3c2c1. The van der Waals surface area contributed by atoms with E-state index in [9.17, 15) is 0 Å². The van der Waals surface area contributed by atoms with Crippen LogP contribution in [0.3, 0.4) is 0 Å². The van der Waals surface area contributed by atoms with Gasteiger partial charge in [0.05, 0.1) is 6.61 Å². The Morgan fingerprint density at radius 3 is 1.18 bits per heavy atom. The molecule has 0 saturated heterocycles. The molecule has 0 radical (unpaired) electrons. The molecule has 0 atom stereocenters. The zero-order valence-corrected chi connectivity index (χ0v) is 28.9. The van der Waals surface area contributed by atoms with Gasteiger partial charge < -0.3 is 14.1 Å². The van der Waals surface area contributed by atoms with Crippen molar-refractivity contribution in [2.24, 2.45) is 5.73 Å². The van der Waals surface area contributed by atoms with Gasteiger partial charge in [-0.05, 0) is 44.9 Å². The van der Waals surface area contributed by atoms with E-state index in [0.29, 0.717) is 13.2 Å². The number of rotatable bonds is 3. The van der Waals surface area contributed by atoms with Crippen LogP contribution in [0.4, 0.5) is 0 Å². The van der Waals surface area contributed by atoms with Crippen molar-refractivity contribution < 1.29 is 12.9 Å². The largest absolute Gasteiger partial charge is 0.399 e. The second-order valence-electron chi connectivity index (χ2n) is 13.8. The average Bonchev–Trinajstić information content (AvgIpc) is 2.98. The van der Waals surface area contributed by atoms with Gasteiger partial charge in [-0.25, -0.2) is 0 Å². The van der Waals surface area contributed by atoms with Gasteiger partial charge in [0.1, 0.15) is 11.2 Å². The van der Waals surface area contributed by atoms with Crippen LogP contribution >= 0.6 is 8.24 Å². The molecule has 3 rings (SSSR count). The highest BCUT2D eigenvalue weighted by atomic mass is 31.1. The van der Waals surface area contributed by atoms with E-state index in [4.69, 9.17) is 18.7 Å². The van der Waals surface area contributed by atoms with Crippen LogP contribution in [0.2, 0.25) is 0 Å². The first-order chi connectivity index (χ1) is 17.8. The van der Waals surface area contributed by atoms with E-state index >= 15 is 0 Å². The van der Waals surface area contributed by atoms with E-state index in [1.807, 2.05) is 27.7 Å². The van der Waals surface area contributed by atoms with Crippen molar-refractivity contribution >= 4 is 30.2 Å². The molecule has 2 N–H and O–H groups in total. The van der Waals surface area contributed by atoms with Crippen molar-refractivity contribution in [2.75, 3.05) is 13.2 Å². The molecule has 0 amide bonds. The van der Waals surface area contributed by atoms with E-state index in [0.717, 1.165) is 21.9 Å². The number of nitrogens with two attached hydrogens (primary N) is 1. The third-order valence-corrected chi connectivity index (χ3v) is 7.52. The van der Waals surface area contributed by atoms with Gasteiger partial charge in [-0.15, -0.1) is 0 Å². The third kappa shape index (κ3) is 8.62. The van der Waals surface area contributed by atoms with Gasteiger partial charge in [0.25, 0.3) is 0 Å². The molecule has 0 fully saturated rings. The van der Waals surface area contributed by atoms with E-state index in [2.05, 4.69) is 107 Å². The lowest BCUT2D eigenvalue weighted by molar-refractivity contribution is 0.380. The summed E-state index contributed by atoms with van der Waals surface area (Å²) in [6.07, 6.45) is 0. The Labute approximate surface area is 240 Å². The molecule has 222 valence electrons. The summed E-state index contributed by atoms with van der Waals surface area (Å²) in [6, 6.07) is 9.21. The van der Waals surface area contributed by atoms with Crippen molar-refractivity contribution in [1.29, 1.82) is 0 Å². The summed E-state index contributed by atoms with van der Waals surface area (Å²) in [5, 5.41) is 2.16. The molecular weight excluding hydrogens is 501 g/mol. The van der Waals surface area contributed by atoms with E-state index in [1.165, 1.54) is 22.3 Å². The molecule has 3 aromatic rings. The molecule has 4 nitrogen and oxygen atoms in total. The molecule has 1 heterocycles. The molecule has 0 unspecified atom stereocenters. The Balaban J connectivity index is 0.00000181. The van der Waals surface area contributed by atoms with Crippen molar-refractivity contribution in [1.82, 2.24) is 0 Å². The molecule has 2 aromatic carbocycles. The van der Waals surface area contributed by atoms with Crippen molar-refractivity contribution in [3.05, 3.63) is 46.5 Å².